The van der Waals surface area contributed by atoms with E-state index >= 15 is 0 Å². The van der Waals surface area contributed by atoms with Gasteiger partial charge in [-0.05, 0) is 32.1 Å². The van der Waals surface area contributed by atoms with Crippen LogP contribution in [0.2, 0.25) is 0 Å². The monoisotopic (exact) mass is 1000 g/mol. The van der Waals surface area contributed by atoms with Gasteiger partial charge in [0.2, 0.25) is 5.91 Å². The van der Waals surface area contributed by atoms with E-state index in [-0.39, 0.29) is 18.5 Å². The molecule has 6 nitrogen and oxygen atoms in total. The summed E-state index contributed by atoms with van der Waals surface area (Å²) in [6.07, 6.45) is 74.3. The Bertz CT molecular complexity index is 1060. The number of ether oxygens (including phenoxy) is 1. The van der Waals surface area contributed by atoms with Gasteiger partial charge >= 0.3 is 5.97 Å². The first-order valence-electron chi connectivity index (χ1n) is 32.5. The minimum Gasteiger partial charge on any atom is -0.466 e. The maximum Gasteiger partial charge on any atom is 0.305 e. The summed E-state index contributed by atoms with van der Waals surface area (Å²) in [6, 6.07) is -0.622. The summed E-state index contributed by atoms with van der Waals surface area (Å²) >= 11 is 0. The summed E-state index contributed by atoms with van der Waals surface area (Å²) in [5.41, 5.74) is 0. The van der Waals surface area contributed by atoms with Crippen molar-refractivity contribution >= 4 is 11.9 Å². The molecule has 0 heterocycles. The van der Waals surface area contributed by atoms with Gasteiger partial charge < -0.3 is 20.3 Å². The second-order valence-electron chi connectivity index (χ2n) is 22.5. The van der Waals surface area contributed by atoms with Crippen molar-refractivity contribution in [3.63, 3.8) is 0 Å². The Labute approximate surface area is 444 Å². The average Bonchev–Trinajstić information content (AvgIpc) is 3.37. The molecule has 0 saturated heterocycles. The highest BCUT2D eigenvalue weighted by Gasteiger charge is 2.18. The summed E-state index contributed by atoms with van der Waals surface area (Å²) < 4.78 is 5.50. The van der Waals surface area contributed by atoms with Crippen LogP contribution >= 0.6 is 0 Å². The van der Waals surface area contributed by atoms with Gasteiger partial charge in [0.05, 0.1) is 25.4 Å². The normalized spacial score (nSPS) is 12.6. The molecular formula is C65H127NO5. The number of amides is 1. The zero-order valence-corrected chi connectivity index (χ0v) is 48.2. The number of allylic oxidation sites excluding steroid dienone is 1. The van der Waals surface area contributed by atoms with Gasteiger partial charge in [0.1, 0.15) is 0 Å². The third-order valence-corrected chi connectivity index (χ3v) is 15.3. The lowest BCUT2D eigenvalue weighted by Crippen LogP contribution is -2.45. The van der Waals surface area contributed by atoms with Gasteiger partial charge in [-0.2, -0.15) is 0 Å². The molecule has 2 unspecified atom stereocenters. The Morgan fingerprint density at radius 1 is 0.380 bits per heavy atom. The molecule has 2 atom stereocenters. The number of aliphatic hydroxyl groups excluding tert-OH is 2. The molecule has 0 aromatic carbocycles. The predicted octanol–water partition coefficient (Wildman–Crippen LogP) is 20.4. The lowest BCUT2D eigenvalue weighted by molar-refractivity contribution is -0.143. The third-order valence-electron chi connectivity index (χ3n) is 15.3. The Morgan fingerprint density at radius 3 is 0.958 bits per heavy atom. The van der Waals surface area contributed by atoms with Gasteiger partial charge in [-0.25, -0.2) is 0 Å². The number of rotatable bonds is 61. The maximum absolute atomic E-state index is 12.4. The van der Waals surface area contributed by atoms with E-state index in [1.54, 1.807) is 6.08 Å². The summed E-state index contributed by atoms with van der Waals surface area (Å²) in [6.45, 7) is 4.91. The first-order valence-corrected chi connectivity index (χ1v) is 32.5. The van der Waals surface area contributed by atoms with E-state index in [0.717, 1.165) is 38.5 Å². The number of hydrogen-bond donors (Lipinski definition) is 3. The van der Waals surface area contributed by atoms with E-state index in [1.807, 2.05) is 6.08 Å². The molecular weight excluding hydrogens is 875 g/mol. The fourth-order valence-electron chi connectivity index (χ4n) is 10.3. The molecule has 0 aliphatic heterocycles. The molecule has 0 saturated carbocycles. The van der Waals surface area contributed by atoms with Gasteiger partial charge in [-0.3, -0.25) is 9.59 Å². The SMILES string of the molecule is CCCCCCCCC/C=C/C(O)C(CO)NC(=O)CCCCCCCCCCCCCCCCCCCCCCCCCCCCCCOC(=O)CCCCCCCCCCCCCCCCCCC. The second kappa shape index (κ2) is 61.1. The Kier molecular flexibility index (Phi) is 59.9. The molecule has 0 aromatic heterocycles. The molecule has 0 fully saturated rings. The molecule has 1 amide bonds. The fraction of sp³-hybridized carbons (Fsp3) is 0.938. The van der Waals surface area contributed by atoms with Crippen LogP contribution in [0.5, 0.6) is 0 Å². The van der Waals surface area contributed by atoms with Crippen molar-refractivity contribution in [1.29, 1.82) is 0 Å². The van der Waals surface area contributed by atoms with Crippen molar-refractivity contribution in [1.82, 2.24) is 5.32 Å². The first-order chi connectivity index (χ1) is 35.0. The molecule has 6 heteroatoms. The van der Waals surface area contributed by atoms with Gasteiger partial charge in [-0.15, -0.1) is 0 Å². The first kappa shape index (κ1) is 69.6. The lowest BCUT2D eigenvalue weighted by atomic mass is 10.0. The highest BCUT2D eigenvalue weighted by atomic mass is 16.5. The van der Waals surface area contributed by atoms with E-state index in [4.69, 9.17) is 4.74 Å². The number of unbranched alkanes of at least 4 members (excludes halogenated alkanes) is 50. The van der Waals surface area contributed by atoms with Crippen LogP contribution in [0.4, 0.5) is 0 Å². The van der Waals surface area contributed by atoms with Gasteiger partial charge in [0, 0.05) is 12.8 Å². The zero-order chi connectivity index (χ0) is 51.4. The molecule has 0 spiro atoms. The highest BCUT2D eigenvalue weighted by molar-refractivity contribution is 5.76. The minimum absolute atomic E-state index is 0.0229. The molecule has 422 valence electrons. The maximum atomic E-state index is 12.4. The Morgan fingerprint density at radius 2 is 0.648 bits per heavy atom. The summed E-state index contributed by atoms with van der Waals surface area (Å²) in [5.74, 6) is -0.0430. The standard InChI is InChI=1S/C65H127NO5/c1-3-5-7-9-11-13-14-15-16-29-33-36-39-43-47-51-55-59-65(70)71-60-56-52-48-44-40-37-34-31-28-26-24-22-20-18-17-19-21-23-25-27-30-32-35-38-42-46-50-54-58-64(69)66-62(61-67)63(68)57-53-49-45-41-12-10-8-6-4-2/h53,57,62-63,67-68H,3-52,54-56,58-61H2,1-2H3,(H,66,69)/b57-53+. The van der Waals surface area contributed by atoms with Crippen LogP contribution in [0, 0.1) is 0 Å². The topological polar surface area (TPSA) is 95.9 Å². The Hall–Kier alpha value is -1.40. The van der Waals surface area contributed by atoms with Gasteiger partial charge in [0.25, 0.3) is 0 Å². The summed E-state index contributed by atoms with van der Waals surface area (Å²) in [7, 11) is 0. The number of nitrogens with one attached hydrogen (secondary N) is 1. The van der Waals surface area contributed by atoms with Crippen molar-refractivity contribution in [3.8, 4) is 0 Å². The molecule has 0 aliphatic carbocycles. The fourth-order valence-corrected chi connectivity index (χ4v) is 10.3. The lowest BCUT2D eigenvalue weighted by Gasteiger charge is -2.20. The van der Waals surface area contributed by atoms with E-state index in [1.165, 1.54) is 302 Å². The number of carbonyl (C=O) groups excluding carboxylic acids is 2. The summed E-state index contributed by atoms with van der Waals surface area (Å²) in [4.78, 5) is 24.5. The molecule has 3 N–H and O–H groups in total. The molecule has 0 rings (SSSR count). The van der Waals surface area contributed by atoms with E-state index < -0.39 is 12.1 Å². The van der Waals surface area contributed by atoms with Crippen molar-refractivity contribution in [2.24, 2.45) is 0 Å². The number of aliphatic hydroxyl groups is 2. The number of carbonyl (C=O) groups is 2. The van der Waals surface area contributed by atoms with Crippen LogP contribution in [0.1, 0.15) is 367 Å². The number of hydrogen-bond acceptors (Lipinski definition) is 5. The Balaban J connectivity index is 3.30. The smallest absolute Gasteiger partial charge is 0.305 e. The van der Waals surface area contributed by atoms with Crippen molar-refractivity contribution in [2.75, 3.05) is 13.2 Å². The molecule has 0 bridgehead atoms. The van der Waals surface area contributed by atoms with E-state index in [0.29, 0.717) is 19.4 Å². The molecule has 71 heavy (non-hydrogen) atoms. The largest absolute Gasteiger partial charge is 0.466 e. The highest BCUT2D eigenvalue weighted by Crippen LogP contribution is 2.19. The van der Waals surface area contributed by atoms with Crippen LogP contribution in [0.3, 0.4) is 0 Å². The van der Waals surface area contributed by atoms with Crippen LogP contribution in [0.25, 0.3) is 0 Å². The quantitative estimate of drug-likeness (QED) is 0.0320. The van der Waals surface area contributed by atoms with E-state index in [9.17, 15) is 19.8 Å². The van der Waals surface area contributed by atoms with Gasteiger partial charge in [-0.1, -0.05) is 334 Å². The molecule has 0 aromatic rings. The van der Waals surface area contributed by atoms with Crippen LogP contribution in [-0.2, 0) is 14.3 Å². The molecule has 0 radical (unpaired) electrons. The van der Waals surface area contributed by atoms with Crippen molar-refractivity contribution in [3.05, 3.63) is 12.2 Å². The van der Waals surface area contributed by atoms with Crippen LogP contribution in [-0.4, -0.2) is 47.4 Å². The third kappa shape index (κ3) is 57.7. The predicted molar refractivity (Wildman–Crippen MR) is 310 cm³/mol. The molecule has 0 aliphatic rings. The average molecular weight is 1000 g/mol. The second-order valence-corrected chi connectivity index (χ2v) is 22.5. The minimum atomic E-state index is -0.839. The number of esters is 1. The van der Waals surface area contributed by atoms with Crippen LogP contribution in [0.15, 0.2) is 12.2 Å². The van der Waals surface area contributed by atoms with Crippen molar-refractivity contribution in [2.45, 2.75) is 379 Å². The van der Waals surface area contributed by atoms with E-state index in [2.05, 4.69) is 19.2 Å². The zero-order valence-electron chi connectivity index (χ0n) is 48.2. The summed E-state index contributed by atoms with van der Waals surface area (Å²) in [5, 5.41) is 23.0. The van der Waals surface area contributed by atoms with Gasteiger partial charge in [0.15, 0.2) is 0 Å². The van der Waals surface area contributed by atoms with Crippen molar-refractivity contribution < 1.29 is 24.5 Å². The van der Waals surface area contributed by atoms with Crippen LogP contribution < -0.4 is 5.32 Å².